The van der Waals surface area contributed by atoms with E-state index in [-0.39, 0.29) is 11.7 Å². The van der Waals surface area contributed by atoms with Crippen LogP contribution in [0.25, 0.3) is 0 Å². The first kappa shape index (κ1) is 14.6. The van der Waals surface area contributed by atoms with E-state index in [0.717, 1.165) is 10.9 Å². The molecule has 7 heteroatoms. The number of amidine groups is 1. The lowest BCUT2D eigenvalue weighted by Crippen LogP contribution is -2.51. The summed E-state index contributed by atoms with van der Waals surface area (Å²) in [5, 5.41) is 14.6. The number of carbonyl (C=O) groups is 1. The van der Waals surface area contributed by atoms with Crippen LogP contribution in [0.1, 0.15) is 19.3 Å². The van der Waals surface area contributed by atoms with Crippen LogP contribution in [0.5, 0.6) is 5.75 Å². The number of ether oxygens (including phenoxy) is 1. The summed E-state index contributed by atoms with van der Waals surface area (Å²) in [6.07, 6.45) is 2.06. The highest BCUT2D eigenvalue weighted by molar-refractivity contribution is 9.10. The summed E-state index contributed by atoms with van der Waals surface area (Å²) < 4.78 is 5.87. The number of rotatable bonds is 4. The molecule has 0 radical (unpaired) electrons. The zero-order valence-corrected chi connectivity index (χ0v) is 12.6. The number of nitrogens with two attached hydrogens (primary N) is 1. The Kier molecular flexibility index (Phi) is 4.17. The van der Waals surface area contributed by atoms with E-state index >= 15 is 0 Å². The third-order valence-electron chi connectivity index (χ3n) is 3.65. The number of halogens is 1. The lowest BCUT2D eigenvalue weighted by molar-refractivity contribution is -0.125. The van der Waals surface area contributed by atoms with Crippen LogP contribution in [0, 0.1) is 5.41 Å². The molecule has 0 spiro atoms. The Morgan fingerprint density at radius 3 is 2.70 bits per heavy atom. The van der Waals surface area contributed by atoms with Gasteiger partial charge in [-0.1, -0.05) is 11.6 Å². The van der Waals surface area contributed by atoms with Gasteiger partial charge in [0.25, 0.3) is 0 Å². The van der Waals surface area contributed by atoms with Crippen LogP contribution in [0.2, 0.25) is 0 Å². The average molecular weight is 342 g/mol. The van der Waals surface area contributed by atoms with Crippen LogP contribution in [-0.2, 0) is 4.79 Å². The fourth-order valence-electron chi connectivity index (χ4n) is 2.22. The van der Waals surface area contributed by atoms with Gasteiger partial charge in [0.15, 0.2) is 5.84 Å². The van der Waals surface area contributed by atoms with E-state index < -0.39 is 5.41 Å². The number of amides is 1. The van der Waals surface area contributed by atoms with Gasteiger partial charge in [-0.15, -0.1) is 0 Å². The van der Waals surface area contributed by atoms with Crippen molar-refractivity contribution in [1.29, 1.82) is 0 Å². The molecule has 1 fully saturated rings. The van der Waals surface area contributed by atoms with Crippen molar-refractivity contribution in [2.45, 2.75) is 19.3 Å². The summed E-state index contributed by atoms with van der Waals surface area (Å²) >= 11 is 3.36. The Hall–Kier alpha value is -1.76. The van der Waals surface area contributed by atoms with Gasteiger partial charge in [-0.25, -0.2) is 0 Å². The second-order valence-corrected chi connectivity index (χ2v) is 5.58. The Balaban J connectivity index is 2.17. The topological polar surface area (TPSA) is 96.9 Å². The normalized spacial score (nSPS) is 17.2. The summed E-state index contributed by atoms with van der Waals surface area (Å²) in [6.45, 7) is 0. The van der Waals surface area contributed by atoms with E-state index in [0.29, 0.717) is 24.3 Å². The molecule has 1 aliphatic carbocycles. The van der Waals surface area contributed by atoms with Gasteiger partial charge in [-0.3, -0.25) is 4.79 Å². The number of hydrogen-bond donors (Lipinski definition) is 3. The van der Waals surface area contributed by atoms with E-state index in [9.17, 15) is 4.79 Å². The van der Waals surface area contributed by atoms with Crippen molar-refractivity contribution in [2.75, 3.05) is 12.4 Å². The van der Waals surface area contributed by atoms with Gasteiger partial charge in [0.2, 0.25) is 5.91 Å². The van der Waals surface area contributed by atoms with Gasteiger partial charge in [-0.05, 0) is 47.0 Å². The van der Waals surface area contributed by atoms with Gasteiger partial charge < -0.3 is 21.0 Å². The van der Waals surface area contributed by atoms with Crippen molar-refractivity contribution in [1.82, 2.24) is 0 Å². The van der Waals surface area contributed by atoms with Crippen molar-refractivity contribution < 1.29 is 14.7 Å². The molecule has 1 saturated carbocycles. The summed E-state index contributed by atoms with van der Waals surface area (Å²) in [7, 11) is 1.57. The molecule has 0 bridgehead atoms. The molecule has 4 N–H and O–H groups in total. The number of anilines is 1. The number of hydrogen-bond acceptors (Lipinski definition) is 4. The van der Waals surface area contributed by atoms with Gasteiger partial charge in [-0.2, -0.15) is 0 Å². The smallest absolute Gasteiger partial charge is 0.238 e. The zero-order chi connectivity index (χ0) is 14.8. The number of benzene rings is 1. The van der Waals surface area contributed by atoms with Crippen molar-refractivity contribution >= 4 is 33.4 Å². The second-order valence-electron chi connectivity index (χ2n) is 4.72. The third-order valence-corrected chi connectivity index (χ3v) is 4.27. The molecule has 2 rings (SSSR count). The molecule has 0 aromatic heterocycles. The first-order valence-electron chi connectivity index (χ1n) is 6.16. The van der Waals surface area contributed by atoms with Gasteiger partial charge in [0.05, 0.1) is 11.6 Å². The van der Waals surface area contributed by atoms with E-state index in [1.807, 2.05) is 0 Å². The number of nitrogens with one attached hydrogen (secondary N) is 1. The molecule has 6 nitrogen and oxygen atoms in total. The molecule has 1 aromatic rings. The number of methoxy groups -OCH3 is 1. The van der Waals surface area contributed by atoms with Crippen LogP contribution in [0.3, 0.4) is 0 Å². The Labute approximate surface area is 125 Å². The third kappa shape index (κ3) is 2.45. The van der Waals surface area contributed by atoms with Gasteiger partial charge in [0, 0.05) is 5.69 Å². The molecule has 1 aliphatic rings. The SMILES string of the molecule is COc1ccc(NC(=O)C2(/C(N)=N/O)CCC2)cc1Br. The van der Waals surface area contributed by atoms with Crippen molar-refractivity contribution in [2.24, 2.45) is 16.3 Å². The summed E-state index contributed by atoms with van der Waals surface area (Å²) in [4.78, 5) is 12.4. The molecule has 0 atom stereocenters. The van der Waals surface area contributed by atoms with E-state index in [4.69, 9.17) is 15.7 Å². The van der Waals surface area contributed by atoms with E-state index in [1.165, 1.54) is 0 Å². The van der Waals surface area contributed by atoms with Crippen LogP contribution >= 0.6 is 15.9 Å². The molecule has 1 amide bonds. The predicted molar refractivity (Wildman–Crippen MR) is 79.0 cm³/mol. The Morgan fingerprint density at radius 2 is 2.25 bits per heavy atom. The van der Waals surface area contributed by atoms with Crippen LogP contribution < -0.4 is 15.8 Å². The minimum atomic E-state index is -0.888. The second kappa shape index (κ2) is 5.70. The van der Waals surface area contributed by atoms with Crippen molar-refractivity contribution in [3.05, 3.63) is 22.7 Å². The molecule has 0 unspecified atom stereocenters. The van der Waals surface area contributed by atoms with E-state index in [1.54, 1.807) is 25.3 Å². The highest BCUT2D eigenvalue weighted by Gasteiger charge is 2.48. The molecule has 0 heterocycles. The maximum absolute atomic E-state index is 12.4. The monoisotopic (exact) mass is 341 g/mol. The molecular weight excluding hydrogens is 326 g/mol. The standard InChI is InChI=1S/C13H16BrN3O3/c1-20-10-4-3-8(7-9(10)14)16-12(18)13(5-2-6-13)11(15)17-19/h3-4,7,19H,2,5-6H2,1H3,(H2,15,17)(H,16,18). The maximum Gasteiger partial charge on any atom is 0.238 e. The largest absolute Gasteiger partial charge is 0.496 e. The summed E-state index contributed by atoms with van der Waals surface area (Å²) in [5.74, 6) is 0.391. The van der Waals surface area contributed by atoms with Gasteiger partial charge in [0.1, 0.15) is 11.2 Å². The number of nitrogens with zero attached hydrogens (tertiary/aromatic N) is 1. The minimum Gasteiger partial charge on any atom is -0.496 e. The van der Waals surface area contributed by atoms with Crippen molar-refractivity contribution in [3.63, 3.8) is 0 Å². The highest BCUT2D eigenvalue weighted by atomic mass is 79.9. The van der Waals surface area contributed by atoms with Crippen LogP contribution in [0.4, 0.5) is 5.69 Å². The zero-order valence-electron chi connectivity index (χ0n) is 11.0. The molecule has 20 heavy (non-hydrogen) atoms. The van der Waals surface area contributed by atoms with Crippen LogP contribution in [0.15, 0.2) is 27.8 Å². The highest BCUT2D eigenvalue weighted by Crippen LogP contribution is 2.42. The van der Waals surface area contributed by atoms with Crippen LogP contribution in [-0.4, -0.2) is 24.1 Å². The molecule has 1 aromatic carbocycles. The fourth-order valence-corrected chi connectivity index (χ4v) is 2.76. The predicted octanol–water partition coefficient (Wildman–Crippen LogP) is 2.31. The first-order chi connectivity index (χ1) is 9.53. The van der Waals surface area contributed by atoms with Gasteiger partial charge >= 0.3 is 0 Å². The Morgan fingerprint density at radius 1 is 1.55 bits per heavy atom. The quantitative estimate of drug-likeness (QED) is 0.339. The summed E-state index contributed by atoms with van der Waals surface area (Å²) in [6, 6.07) is 5.23. The molecular formula is C13H16BrN3O3. The lowest BCUT2D eigenvalue weighted by Gasteiger charge is -2.38. The average Bonchev–Trinajstić information content (AvgIpc) is 2.37. The maximum atomic E-state index is 12.4. The number of oxime groups is 1. The first-order valence-corrected chi connectivity index (χ1v) is 6.96. The molecule has 0 aliphatic heterocycles. The summed E-state index contributed by atoms with van der Waals surface area (Å²) in [5.41, 5.74) is 5.39. The molecule has 108 valence electrons. The molecule has 0 saturated heterocycles. The van der Waals surface area contributed by atoms with E-state index in [2.05, 4.69) is 26.4 Å². The minimum absolute atomic E-state index is 0.0335. The number of carbonyl (C=O) groups excluding carboxylic acids is 1. The van der Waals surface area contributed by atoms with Crippen molar-refractivity contribution in [3.8, 4) is 5.75 Å². The lowest BCUT2D eigenvalue weighted by atomic mass is 9.67. The Bertz CT molecular complexity index is 556. The fraction of sp³-hybridized carbons (Fsp3) is 0.385.